The molecule has 6 heteroatoms. The Bertz CT molecular complexity index is 375. The molecule has 0 spiro atoms. The van der Waals surface area contributed by atoms with E-state index in [1.807, 2.05) is 6.92 Å². The molecule has 1 fully saturated rings. The molecule has 4 nitrogen and oxygen atoms in total. The minimum absolute atomic E-state index is 0.186. The predicted molar refractivity (Wildman–Crippen MR) is 64.3 cm³/mol. The fourth-order valence-electron chi connectivity index (χ4n) is 1.78. The predicted octanol–water partition coefficient (Wildman–Crippen LogP) is 2.40. The summed E-state index contributed by atoms with van der Waals surface area (Å²) in [5.41, 5.74) is 0.832. The Kier molecular flexibility index (Phi) is 3.84. The second-order valence-electron chi connectivity index (χ2n) is 3.82. The number of hydrogen-bond donors (Lipinski definition) is 0. The van der Waals surface area contributed by atoms with Crippen molar-refractivity contribution in [2.45, 2.75) is 19.4 Å². The number of halogens is 2. The summed E-state index contributed by atoms with van der Waals surface area (Å²) in [4.78, 5) is 2.14. The van der Waals surface area contributed by atoms with E-state index >= 15 is 0 Å². The van der Waals surface area contributed by atoms with Gasteiger partial charge in [0.05, 0.1) is 11.8 Å². The Balaban J connectivity index is 2.24. The molecule has 2 heterocycles. The van der Waals surface area contributed by atoms with E-state index < -0.39 is 0 Å². The molecule has 1 aromatic heterocycles. The zero-order valence-electron chi connectivity index (χ0n) is 8.99. The van der Waals surface area contributed by atoms with Crippen LogP contribution < -0.4 is 4.90 Å². The SMILES string of the molecule is CC1CN(c2cc(Cl)nnc2Cl)CCCO1. The fraction of sp³-hybridized carbons (Fsp3) is 0.600. The summed E-state index contributed by atoms with van der Waals surface area (Å²) in [5.74, 6) is 0. The molecule has 2 rings (SSSR count). The number of rotatable bonds is 1. The van der Waals surface area contributed by atoms with E-state index in [2.05, 4.69) is 15.1 Å². The van der Waals surface area contributed by atoms with Gasteiger partial charge in [-0.3, -0.25) is 0 Å². The van der Waals surface area contributed by atoms with E-state index in [-0.39, 0.29) is 6.10 Å². The molecule has 1 aliphatic rings. The maximum atomic E-state index is 6.02. The lowest BCUT2D eigenvalue weighted by molar-refractivity contribution is 0.0821. The molecule has 1 atom stereocenters. The van der Waals surface area contributed by atoms with Gasteiger partial charge in [0, 0.05) is 25.8 Å². The van der Waals surface area contributed by atoms with E-state index in [1.54, 1.807) is 6.07 Å². The maximum Gasteiger partial charge on any atom is 0.175 e. The van der Waals surface area contributed by atoms with Gasteiger partial charge < -0.3 is 9.64 Å². The zero-order chi connectivity index (χ0) is 11.5. The van der Waals surface area contributed by atoms with Crippen LogP contribution >= 0.6 is 23.2 Å². The average Bonchev–Trinajstić information content (AvgIpc) is 2.46. The van der Waals surface area contributed by atoms with Crippen LogP contribution in [0.1, 0.15) is 13.3 Å². The molecule has 1 aliphatic heterocycles. The van der Waals surface area contributed by atoms with E-state index in [0.717, 1.165) is 31.8 Å². The Morgan fingerprint density at radius 2 is 2.25 bits per heavy atom. The third-order valence-corrected chi connectivity index (χ3v) is 2.95. The van der Waals surface area contributed by atoms with Crippen LogP contribution in [-0.4, -0.2) is 36.0 Å². The van der Waals surface area contributed by atoms with E-state index in [0.29, 0.717) is 10.3 Å². The number of aromatic nitrogens is 2. The van der Waals surface area contributed by atoms with Crippen LogP contribution in [0.4, 0.5) is 5.69 Å². The first-order chi connectivity index (χ1) is 7.66. The summed E-state index contributed by atoms with van der Waals surface area (Å²) < 4.78 is 5.57. The highest BCUT2D eigenvalue weighted by Gasteiger charge is 2.18. The van der Waals surface area contributed by atoms with Crippen LogP contribution in [0.25, 0.3) is 0 Å². The number of ether oxygens (including phenoxy) is 1. The third-order valence-electron chi connectivity index (χ3n) is 2.49. The van der Waals surface area contributed by atoms with Gasteiger partial charge in [-0.2, -0.15) is 0 Å². The first-order valence-corrected chi connectivity index (χ1v) is 5.97. The smallest absolute Gasteiger partial charge is 0.175 e. The van der Waals surface area contributed by atoms with E-state index in [9.17, 15) is 0 Å². The molecule has 1 unspecified atom stereocenters. The van der Waals surface area contributed by atoms with Crippen LogP contribution in [0.5, 0.6) is 0 Å². The Morgan fingerprint density at radius 3 is 3.06 bits per heavy atom. The van der Waals surface area contributed by atoms with Gasteiger partial charge in [-0.15, -0.1) is 10.2 Å². The quantitative estimate of drug-likeness (QED) is 0.779. The summed E-state index contributed by atoms with van der Waals surface area (Å²) >= 11 is 11.8. The summed E-state index contributed by atoms with van der Waals surface area (Å²) in [6.07, 6.45) is 1.16. The molecule has 16 heavy (non-hydrogen) atoms. The molecule has 0 aliphatic carbocycles. The van der Waals surface area contributed by atoms with Crippen molar-refractivity contribution in [3.63, 3.8) is 0 Å². The highest BCUT2D eigenvalue weighted by Crippen LogP contribution is 2.26. The van der Waals surface area contributed by atoms with Crippen LogP contribution in [0.2, 0.25) is 10.3 Å². The number of anilines is 1. The zero-order valence-corrected chi connectivity index (χ0v) is 10.5. The molecule has 0 N–H and O–H groups in total. The standard InChI is InChI=1S/C10H13Cl2N3O/c1-7-6-15(3-2-4-16-7)8-5-9(11)13-14-10(8)12/h5,7H,2-4,6H2,1H3. The Hall–Kier alpha value is -0.580. The lowest BCUT2D eigenvalue weighted by atomic mass is 10.3. The summed E-state index contributed by atoms with van der Waals surface area (Å²) in [6, 6.07) is 1.74. The van der Waals surface area contributed by atoms with Gasteiger partial charge in [-0.25, -0.2) is 0 Å². The van der Waals surface area contributed by atoms with Crippen molar-refractivity contribution in [1.82, 2.24) is 10.2 Å². The molecule has 88 valence electrons. The largest absolute Gasteiger partial charge is 0.377 e. The maximum absolute atomic E-state index is 6.02. The summed E-state index contributed by atoms with van der Waals surface area (Å²) in [6.45, 7) is 4.51. The topological polar surface area (TPSA) is 38.2 Å². The second-order valence-corrected chi connectivity index (χ2v) is 4.57. The summed E-state index contributed by atoms with van der Waals surface area (Å²) in [7, 11) is 0. The van der Waals surface area contributed by atoms with Crippen LogP contribution in [0, 0.1) is 0 Å². The van der Waals surface area contributed by atoms with Gasteiger partial charge in [0.25, 0.3) is 0 Å². The number of hydrogen-bond acceptors (Lipinski definition) is 4. The molecule has 0 bridgehead atoms. The van der Waals surface area contributed by atoms with Crippen molar-refractivity contribution in [1.29, 1.82) is 0 Å². The van der Waals surface area contributed by atoms with E-state index in [1.165, 1.54) is 0 Å². The molecule has 1 aromatic rings. The van der Waals surface area contributed by atoms with Crippen molar-refractivity contribution in [3.8, 4) is 0 Å². The second kappa shape index (κ2) is 5.17. The van der Waals surface area contributed by atoms with Gasteiger partial charge >= 0.3 is 0 Å². The molecule has 1 saturated heterocycles. The van der Waals surface area contributed by atoms with Crippen molar-refractivity contribution in [2.75, 3.05) is 24.6 Å². The van der Waals surface area contributed by atoms with Gasteiger partial charge in [0.2, 0.25) is 0 Å². The molecule has 0 aromatic carbocycles. The minimum Gasteiger partial charge on any atom is -0.377 e. The highest BCUT2D eigenvalue weighted by atomic mass is 35.5. The van der Waals surface area contributed by atoms with Crippen molar-refractivity contribution in [2.24, 2.45) is 0 Å². The lowest BCUT2D eigenvalue weighted by Gasteiger charge is -2.24. The minimum atomic E-state index is 0.186. The highest BCUT2D eigenvalue weighted by molar-refractivity contribution is 6.33. The first kappa shape index (κ1) is 11.9. The number of nitrogens with zero attached hydrogens (tertiary/aromatic N) is 3. The van der Waals surface area contributed by atoms with Gasteiger partial charge in [-0.1, -0.05) is 23.2 Å². The van der Waals surface area contributed by atoms with E-state index in [4.69, 9.17) is 27.9 Å². The first-order valence-electron chi connectivity index (χ1n) is 5.22. The average molecular weight is 262 g/mol. The van der Waals surface area contributed by atoms with Crippen molar-refractivity contribution in [3.05, 3.63) is 16.4 Å². The fourth-order valence-corrected chi connectivity index (χ4v) is 2.13. The molecule has 0 saturated carbocycles. The lowest BCUT2D eigenvalue weighted by Crippen LogP contribution is -2.30. The molecule has 0 amide bonds. The van der Waals surface area contributed by atoms with Crippen molar-refractivity contribution < 1.29 is 4.74 Å². The van der Waals surface area contributed by atoms with Crippen molar-refractivity contribution >= 4 is 28.9 Å². The third kappa shape index (κ3) is 2.75. The van der Waals surface area contributed by atoms with Gasteiger partial charge in [0.1, 0.15) is 0 Å². The molecular weight excluding hydrogens is 249 g/mol. The Morgan fingerprint density at radius 1 is 1.44 bits per heavy atom. The van der Waals surface area contributed by atoms with Crippen LogP contribution in [0.15, 0.2) is 6.07 Å². The normalized spacial score (nSPS) is 21.9. The monoisotopic (exact) mass is 261 g/mol. The van der Waals surface area contributed by atoms with Gasteiger partial charge in [0.15, 0.2) is 10.3 Å². The van der Waals surface area contributed by atoms with Crippen LogP contribution in [0.3, 0.4) is 0 Å². The molecular formula is C10H13Cl2N3O. The molecule has 0 radical (unpaired) electrons. The van der Waals surface area contributed by atoms with Gasteiger partial charge in [-0.05, 0) is 13.3 Å². The summed E-state index contributed by atoms with van der Waals surface area (Å²) in [5, 5.41) is 8.26. The Labute approximate surface area is 105 Å². The van der Waals surface area contributed by atoms with Crippen LogP contribution in [-0.2, 0) is 4.74 Å².